The molecule has 0 aliphatic heterocycles. The lowest BCUT2D eigenvalue weighted by molar-refractivity contribution is 0.0523. The maximum absolute atomic E-state index is 11.5. The number of amides is 1. The maximum atomic E-state index is 11.5. The summed E-state index contributed by atoms with van der Waals surface area (Å²) in [5.41, 5.74) is 6.17. The van der Waals surface area contributed by atoms with Crippen LogP contribution in [0.4, 0.5) is 10.5 Å². The number of nitrogens with zero attached hydrogens (tertiary/aromatic N) is 1. The number of hydrogen-bond acceptors (Lipinski definition) is 5. The van der Waals surface area contributed by atoms with E-state index in [4.69, 9.17) is 10.5 Å². The van der Waals surface area contributed by atoms with E-state index in [9.17, 15) is 9.59 Å². The minimum Gasteiger partial charge on any atom is -0.444 e. The molecule has 3 N–H and O–H groups in total. The summed E-state index contributed by atoms with van der Waals surface area (Å²) in [6.07, 6.45) is -0.532. The molecule has 0 bridgehead atoms. The summed E-state index contributed by atoms with van der Waals surface area (Å²) in [7, 11) is 0. The van der Waals surface area contributed by atoms with Gasteiger partial charge in [0.1, 0.15) is 11.3 Å². The van der Waals surface area contributed by atoms with Crippen molar-refractivity contribution in [2.45, 2.75) is 39.8 Å². The standard InChI is InChI=1S/C13H19N3O3/c1-8(17)11-10(14)6-5-9(16-11)7-15-12(18)19-13(2,3)4/h5-6H,7,14H2,1-4H3,(H,15,18). The van der Waals surface area contributed by atoms with Crippen LogP contribution in [-0.2, 0) is 11.3 Å². The number of alkyl carbamates (subject to hydrolysis) is 1. The number of nitrogens with one attached hydrogen (secondary N) is 1. The van der Waals surface area contributed by atoms with Crippen molar-refractivity contribution >= 4 is 17.6 Å². The molecule has 1 aromatic rings. The topological polar surface area (TPSA) is 94.3 Å². The van der Waals surface area contributed by atoms with Gasteiger partial charge in [0.05, 0.1) is 17.9 Å². The molecule has 104 valence electrons. The highest BCUT2D eigenvalue weighted by Gasteiger charge is 2.16. The van der Waals surface area contributed by atoms with Crippen LogP contribution in [-0.4, -0.2) is 22.5 Å². The van der Waals surface area contributed by atoms with Gasteiger partial charge in [0.2, 0.25) is 0 Å². The Morgan fingerprint density at radius 1 is 1.37 bits per heavy atom. The molecule has 0 aromatic carbocycles. The Labute approximate surface area is 112 Å². The van der Waals surface area contributed by atoms with Gasteiger partial charge >= 0.3 is 6.09 Å². The van der Waals surface area contributed by atoms with E-state index in [1.807, 2.05) is 0 Å². The van der Waals surface area contributed by atoms with Crippen LogP contribution in [0, 0.1) is 0 Å². The quantitative estimate of drug-likeness (QED) is 0.814. The first-order chi connectivity index (χ1) is 8.69. The molecular weight excluding hydrogens is 246 g/mol. The van der Waals surface area contributed by atoms with Gasteiger partial charge < -0.3 is 15.8 Å². The van der Waals surface area contributed by atoms with E-state index in [-0.39, 0.29) is 18.0 Å². The van der Waals surface area contributed by atoms with Crippen molar-refractivity contribution in [3.05, 3.63) is 23.5 Å². The summed E-state index contributed by atoms with van der Waals surface area (Å²) < 4.78 is 5.09. The number of nitrogen functional groups attached to an aromatic ring is 1. The summed E-state index contributed by atoms with van der Waals surface area (Å²) in [6.45, 7) is 6.91. The van der Waals surface area contributed by atoms with Crippen molar-refractivity contribution in [3.8, 4) is 0 Å². The van der Waals surface area contributed by atoms with Crippen molar-refractivity contribution in [2.24, 2.45) is 0 Å². The first-order valence-corrected chi connectivity index (χ1v) is 5.92. The third-order valence-electron chi connectivity index (χ3n) is 2.13. The van der Waals surface area contributed by atoms with E-state index in [0.717, 1.165) is 0 Å². The summed E-state index contributed by atoms with van der Waals surface area (Å²) >= 11 is 0. The van der Waals surface area contributed by atoms with Gasteiger partial charge in [-0.2, -0.15) is 0 Å². The fourth-order valence-corrected chi connectivity index (χ4v) is 1.37. The predicted molar refractivity (Wildman–Crippen MR) is 71.7 cm³/mol. The summed E-state index contributed by atoms with van der Waals surface area (Å²) in [5.74, 6) is -0.211. The van der Waals surface area contributed by atoms with Crippen LogP contribution in [0.5, 0.6) is 0 Å². The highest BCUT2D eigenvalue weighted by atomic mass is 16.6. The van der Waals surface area contributed by atoms with Crippen LogP contribution in [0.25, 0.3) is 0 Å². The minimum absolute atomic E-state index is 0.176. The molecular formula is C13H19N3O3. The predicted octanol–water partition coefficient (Wildman–Crippen LogP) is 1.89. The van der Waals surface area contributed by atoms with E-state index in [0.29, 0.717) is 11.4 Å². The SMILES string of the molecule is CC(=O)c1nc(CNC(=O)OC(C)(C)C)ccc1N. The second kappa shape index (κ2) is 5.69. The van der Waals surface area contributed by atoms with E-state index in [1.165, 1.54) is 6.92 Å². The van der Waals surface area contributed by atoms with Crippen molar-refractivity contribution in [1.29, 1.82) is 0 Å². The molecule has 0 radical (unpaired) electrons. The van der Waals surface area contributed by atoms with Gasteiger partial charge in [-0.15, -0.1) is 0 Å². The first kappa shape index (κ1) is 14.9. The Morgan fingerprint density at radius 2 is 2.00 bits per heavy atom. The summed E-state index contributed by atoms with van der Waals surface area (Å²) in [4.78, 5) is 26.9. The summed E-state index contributed by atoms with van der Waals surface area (Å²) in [5, 5.41) is 2.57. The zero-order valence-electron chi connectivity index (χ0n) is 11.6. The Balaban J connectivity index is 2.66. The van der Waals surface area contributed by atoms with Crippen LogP contribution < -0.4 is 11.1 Å². The van der Waals surface area contributed by atoms with E-state index in [2.05, 4.69) is 10.3 Å². The Kier molecular flexibility index (Phi) is 4.47. The van der Waals surface area contributed by atoms with E-state index in [1.54, 1.807) is 32.9 Å². The van der Waals surface area contributed by atoms with E-state index < -0.39 is 11.7 Å². The molecule has 0 saturated carbocycles. The van der Waals surface area contributed by atoms with Crippen LogP contribution in [0.3, 0.4) is 0 Å². The number of pyridine rings is 1. The molecule has 0 aliphatic carbocycles. The van der Waals surface area contributed by atoms with Crippen LogP contribution >= 0.6 is 0 Å². The summed E-state index contributed by atoms with van der Waals surface area (Å²) in [6, 6.07) is 3.25. The minimum atomic E-state index is -0.552. The average molecular weight is 265 g/mol. The van der Waals surface area contributed by atoms with Crippen molar-refractivity contribution in [3.63, 3.8) is 0 Å². The van der Waals surface area contributed by atoms with Gasteiger partial charge in [-0.25, -0.2) is 9.78 Å². The van der Waals surface area contributed by atoms with Gasteiger partial charge in [0.25, 0.3) is 0 Å². The number of nitrogens with two attached hydrogens (primary N) is 1. The molecule has 0 unspecified atom stereocenters. The lowest BCUT2D eigenvalue weighted by atomic mass is 10.2. The number of ketones is 1. The Bertz CT molecular complexity index is 492. The number of Topliss-reactive ketones (excluding diaryl/α,β-unsaturated/α-hetero) is 1. The molecule has 1 amide bonds. The number of carbonyl (C=O) groups excluding carboxylic acids is 2. The number of rotatable bonds is 3. The molecule has 0 spiro atoms. The smallest absolute Gasteiger partial charge is 0.407 e. The largest absolute Gasteiger partial charge is 0.444 e. The fraction of sp³-hybridized carbons (Fsp3) is 0.462. The molecule has 0 saturated heterocycles. The molecule has 1 rings (SSSR count). The van der Waals surface area contributed by atoms with Gasteiger partial charge in [-0.1, -0.05) is 0 Å². The first-order valence-electron chi connectivity index (χ1n) is 5.92. The number of hydrogen-bond donors (Lipinski definition) is 2. The number of ether oxygens (including phenoxy) is 1. The molecule has 19 heavy (non-hydrogen) atoms. The molecule has 0 atom stereocenters. The van der Waals surface area contributed by atoms with E-state index >= 15 is 0 Å². The molecule has 1 heterocycles. The van der Waals surface area contributed by atoms with Crippen LogP contribution in [0.2, 0.25) is 0 Å². The lowest BCUT2D eigenvalue weighted by Crippen LogP contribution is -2.32. The zero-order chi connectivity index (χ0) is 14.6. The number of anilines is 1. The van der Waals surface area contributed by atoms with Gasteiger partial charge in [-0.3, -0.25) is 4.79 Å². The van der Waals surface area contributed by atoms with Gasteiger partial charge in [0.15, 0.2) is 5.78 Å². The molecule has 6 heteroatoms. The van der Waals surface area contributed by atoms with Crippen molar-refractivity contribution < 1.29 is 14.3 Å². The fourth-order valence-electron chi connectivity index (χ4n) is 1.37. The monoisotopic (exact) mass is 265 g/mol. The van der Waals surface area contributed by atoms with Crippen molar-refractivity contribution in [1.82, 2.24) is 10.3 Å². The molecule has 6 nitrogen and oxygen atoms in total. The van der Waals surface area contributed by atoms with Crippen LogP contribution in [0.15, 0.2) is 12.1 Å². The lowest BCUT2D eigenvalue weighted by Gasteiger charge is -2.19. The van der Waals surface area contributed by atoms with Crippen molar-refractivity contribution in [2.75, 3.05) is 5.73 Å². The number of aromatic nitrogens is 1. The zero-order valence-corrected chi connectivity index (χ0v) is 11.6. The third kappa shape index (κ3) is 4.95. The normalized spacial score (nSPS) is 10.9. The van der Waals surface area contributed by atoms with Gasteiger partial charge in [-0.05, 0) is 32.9 Å². The maximum Gasteiger partial charge on any atom is 0.407 e. The molecule has 0 aliphatic rings. The highest BCUT2D eigenvalue weighted by Crippen LogP contribution is 2.11. The van der Waals surface area contributed by atoms with Gasteiger partial charge in [0, 0.05) is 6.92 Å². The van der Waals surface area contributed by atoms with Crippen LogP contribution in [0.1, 0.15) is 43.9 Å². The number of carbonyl (C=O) groups is 2. The Hall–Kier alpha value is -2.11. The average Bonchev–Trinajstić information content (AvgIpc) is 2.25. The third-order valence-corrected chi connectivity index (χ3v) is 2.13. The molecule has 1 aromatic heterocycles. The second-order valence-electron chi connectivity index (χ2n) is 5.15. The Morgan fingerprint density at radius 3 is 2.53 bits per heavy atom. The molecule has 0 fully saturated rings. The second-order valence-corrected chi connectivity index (χ2v) is 5.15. The highest BCUT2D eigenvalue weighted by molar-refractivity contribution is 5.96.